The molecular weight excluding hydrogens is 524 g/mol. The van der Waals surface area contributed by atoms with Crippen molar-refractivity contribution in [3.8, 4) is 0 Å². The largest absolute Gasteiger partial charge is 0.628 e. The molecule has 7 nitrogen and oxygen atoms in total. The minimum atomic E-state index is -2.43. The van der Waals surface area contributed by atoms with Crippen LogP contribution in [0.15, 0.2) is 70.2 Å². The van der Waals surface area contributed by atoms with E-state index < -0.39 is 34.6 Å². The summed E-state index contributed by atoms with van der Waals surface area (Å²) in [5.74, 6) is -1.77. The van der Waals surface area contributed by atoms with Gasteiger partial charge in [0.1, 0.15) is 36.0 Å². The number of hydrazone groups is 1. The number of benzene rings is 2. The number of aromatic nitrogens is 1. The molecule has 0 N–H and O–H groups in total. The molecule has 2 aliphatic rings. The molecule has 0 fully saturated rings. The molecule has 1 radical (unpaired) electrons. The third kappa shape index (κ3) is 5.14. The van der Waals surface area contributed by atoms with Gasteiger partial charge in [-0.15, -0.1) is 9.52 Å². The van der Waals surface area contributed by atoms with Gasteiger partial charge in [-0.3, -0.25) is 9.59 Å². The number of thiol groups is 1. The first-order valence-electron chi connectivity index (χ1n) is 12.5. The standard InChI is InChI=1S/C29H28F2N3O4S/c1-17-26(21-14-19(30)12-13-23(21)33(17)16-25(36)38-29(2,3)4)27-20-9-7-11-24(35)28(20)39(37)34(32-27)15-18-8-5-6-10-22(18)31/h5-10,12-14,39H,11,15-16H2,1-4H3. The van der Waals surface area contributed by atoms with E-state index in [1.54, 1.807) is 68.7 Å². The first-order valence-corrected chi connectivity index (χ1v) is 13.7. The summed E-state index contributed by atoms with van der Waals surface area (Å²) in [6.07, 6.45) is 3.44. The Hall–Kier alpha value is -3.76. The summed E-state index contributed by atoms with van der Waals surface area (Å²) in [4.78, 5) is 25.9. The van der Waals surface area contributed by atoms with Crippen molar-refractivity contribution < 1.29 is 27.7 Å². The molecule has 0 saturated heterocycles. The number of halogens is 2. The van der Waals surface area contributed by atoms with Crippen LogP contribution in [0.3, 0.4) is 0 Å². The van der Waals surface area contributed by atoms with Crippen molar-refractivity contribution in [1.82, 2.24) is 8.98 Å². The van der Waals surface area contributed by atoms with E-state index in [0.717, 1.165) is 0 Å². The van der Waals surface area contributed by atoms with Crippen molar-refractivity contribution in [2.45, 2.75) is 52.8 Å². The van der Waals surface area contributed by atoms with E-state index in [4.69, 9.17) is 4.74 Å². The zero-order valence-corrected chi connectivity index (χ0v) is 22.9. The second kappa shape index (κ2) is 10.1. The lowest BCUT2D eigenvalue weighted by molar-refractivity contribution is -0.155. The van der Waals surface area contributed by atoms with Gasteiger partial charge in [-0.2, -0.15) is 0 Å². The molecule has 1 aliphatic heterocycles. The number of Topliss-reactive ketones (excluding diaryl/α,β-unsaturated/α-hetero) is 1. The molecule has 0 bridgehead atoms. The number of nitrogens with zero attached hydrogens (tertiary/aromatic N) is 3. The lowest BCUT2D eigenvalue weighted by Crippen LogP contribution is -2.37. The lowest BCUT2D eigenvalue weighted by atomic mass is 9.94. The molecule has 0 amide bonds. The van der Waals surface area contributed by atoms with Crippen LogP contribution in [0.5, 0.6) is 0 Å². The zero-order valence-electron chi connectivity index (χ0n) is 22.0. The smallest absolute Gasteiger partial charge is 0.326 e. The highest BCUT2D eigenvalue weighted by molar-refractivity contribution is 7.94. The third-order valence-corrected chi connectivity index (χ3v) is 8.00. The Bertz CT molecular complexity index is 1600. The van der Waals surface area contributed by atoms with Crippen LogP contribution in [0.1, 0.15) is 44.0 Å². The van der Waals surface area contributed by atoms with Gasteiger partial charge in [-0.05, 0) is 52.0 Å². The molecule has 1 unspecified atom stereocenters. The number of carbonyl (C=O) groups excluding carboxylic acids is 2. The number of ether oxygens (including phenoxy) is 1. The highest BCUT2D eigenvalue weighted by atomic mass is 32.2. The Morgan fingerprint density at radius 3 is 2.64 bits per heavy atom. The number of hydrogen-bond acceptors (Lipinski definition) is 6. The molecule has 5 rings (SSSR count). The Morgan fingerprint density at radius 1 is 1.18 bits per heavy atom. The number of allylic oxidation sites excluding steroid dienone is 4. The van der Waals surface area contributed by atoms with Crippen LogP contribution < -0.4 is 0 Å². The Balaban J connectivity index is 1.69. The number of rotatable bonds is 5. The van der Waals surface area contributed by atoms with Crippen molar-refractivity contribution in [3.63, 3.8) is 0 Å². The predicted molar refractivity (Wildman–Crippen MR) is 146 cm³/mol. The van der Waals surface area contributed by atoms with Crippen molar-refractivity contribution in [1.29, 1.82) is 0 Å². The molecule has 203 valence electrons. The van der Waals surface area contributed by atoms with Gasteiger partial charge in [0, 0.05) is 34.1 Å². The first kappa shape index (κ1) is 26.8. The van der Waals surface area contributed by atoms with Crippen molar-refractivity contribution in [2.75, 3.05) is 0 Å². The second-order valence-electron chi connectivity index (χ2n) is 10.4. The van der Waals surface area contributed by atoms with Crippen LogP contribution in [-0.4, -0.2) is 36.6 Å². The van der Waals surface area contributed by atoms with Crippen LogP contribution in [0.2, 0.25) is 0 Å². The Labute approximate surface area is 227 Å². The van der Waals surface area contributed by atoms with Crippen molar-refractivity contribution in [3.05, 3.63) is 93.6 Å². The van der Waals surface area contributed by atoms with Crippen LogP contribution in [0.4, 0.5) is 8.78 Å². The molecule has 2 aromatic carbocycles. The van der Waals surface area contributed by atoms with E-state index in [0.29, 0.717) is 33.4 Å². The zero-order chi connectivity index (χ0) is 28.1. The summed E-state index contributed by atoms with van der Waals surface area (Å²) in [7, 11) is 0. The average molecular weight is 553 g/mol. The topological polar surface area (TPSA) is 87.0 Å². The molecule has 1 aromatic heterocycles. The predicted octanol–water partition coefficient (Wildman–Crippen LogP) is 4.97. The highest BCUT2D eigenvalue weighted by Crippen LogP contribution is 2.37. The van der Waals surface area contributed by atoms with E-state index >= 15 is 0 Å². The molecular formula is C29H28F2N3O4S. The van der Waals surface area contributed by atoms with Crippen molar-refractivity contribution in [2.24, 2.45) is 5.10 Å². The van der Waals surface area contributed by atoms with Crippen LogP contribution in [0.25, 0.3) is 10.9 Å². The third-order valence-electron chi connectivity index (χ3n) is 6.48. The SMILES string of the molecule is Cc1c(C2=NN(Cc3ccccc3F)[SH+]([O-])C3=C2C=CCC3=O)c2cc(F)ccc2n1CC(=O)OC(C)(C)C. The molecule has 10 heteroatoms. The summed E-state index contributed by atoms with van der Waals surface area (Å²) in [5, 5.41) is 5.14. The van der Waals surface area contributed by atoms with Crippen LogP contribution in [0, 0.1) is 18.6 Å². The van der Waals surface area contributed by atoms with Gasteiger partial charge in [0.25, 0.3) is 0 Å². The number of esters is 1. The van der Waals surface area contributed by atoms with E-state index in [1.165, 1.54) is 22.6 Å². The van der Waals surface area contributed by atoms with Crippen molar-refractivity contribution >= 4 is 39.7 Å². The van der Waals surface area contributed by atoms with E-state index in [-0.39, 0.29) is 35.8 Å². The molecule has 0 saturated carbocycles. The summed E-state index contributed by atoms with van der Waals surface area (Å²) in [6.45, 7) is 6.82. The highest BCUT2D eigenvalue weighted by Gasteiger charge is 2.38. The minimum Gasteiger partial charge on any atom is -0.628 e. The summed E-state index contributed by atoms with van der Waals surface area (Å²) in [5.41, 5.74) is 1.89. The van der Waals surface area contributed by atoms with Gasteiger partial charge in [0.15, 0.2) is 4.91 Å². The maximum Gasteiger partial charge on any atom is 0.326 e. The van der Waals surface area contributed by atoms with Gasteiger partial charge in [0.2, 0.25) is 5.78 Å². The fourth-order valence-electron chi connectivity index (χ4n) is 4.86. The normalized spacial score (nSPS) is 17.5. The average Bonchev–Trinajstić information content (AvgIpc) is 3.11. The number of ketones is 1. The van der Waals surface area contributed by atoms with Gasteiger partial charge in [-0.25, -0.2) is 8.78 Å². The number of fused-ring (bicyclic) bond motifs is 1. The molecule has 1 atom stereocenters. The van der Waals surface area contributed by atoms with E-state index in [9.17, 15) is 22.9 Å². The summed E-state index contributed by atoms with van der Waals surface area (Å²) in [6, 6.07) is 10.3. The number of hydrogen-bond donors (Lipinski definition) is 0. The fraction of sp³-hybridized carbons (Fsp3) is 0.276. The van der Waals surface area contributed by atoms with Gasteiger partial charge < -0.3 is 13.9 Å². The van der Waals surface area contributed by atoms with Gasteiger partial charge in [0.05, 0.1) is 5.57 Å². The maximum absolute atomic E-state index is 14.6. The molecule has 2 heterocycles. The van der Waals surface area contributed by atoms with E-state index in [1.807, 2.05) is 0 Å². The van der Waals surface area contributed by atoms with Gasteiger partial charge >= 0.3 is 5.97 Å². The molecule has 3 aromatic rings. The summed E-state index contributed by atoms with van der Waals surface area (Å²) < 4.78 is 51.1. The quantitative estimate of drug-likeness (QED) is 0.254. The molecule has 0 spiro atoms. The number of carbonyl (C=O) groups is 2. The lowest BCUT2D eigenvalue weighted by Gasteiger charge is -2.34. The fourth-order valence-corrected chi connectivity index (χ4v) is 6.23. The Morgan fingerprint density at radius 2 is 1.92 bits per heavy atom. The van der Waals surface area contributed by atoms with Crippen LogP contribution in [-0.2, 0) is 38.8 Å². The molecule has 39 heavy (non-hydrogen) atoms. The monoisotopic (exact) mass is 552 g/mol. The molecule has 1 aliphatic carbocycles. The minimum absolute atomic E-state index is 0.0781. The van der Waals surface area contributed by atoms with Crippen LogP contribution >= 0.6 is 0 Å². The van der Waals surface area contributed by atoms with E-state index in [2.05, 4.69) is 5.10 Å². The maximum atomic E-state index is 14.6. The second-order valence-corrected chi connectivity index (χ2v) is 11.9. The summed E-state index contributed by atoms with van der Waals surface area (Å²) >= 11 is -2.43. The Kier molecular flexibility index (Phi) is 6.94. The van der Waals surface area contributed by atoms with Gasteiger partial charge in [-0.1, -0.05) is 41.7 Å². The first-order chi connectivity index (χ1) is 18.4.